The molecule has 3 rings (SSSR count). The lowest BCUT2D eigenvalue weighted by molar-refractivity contribution is -0.116. The van der Waals surface area contributed by atoms with E-state index in [9.17, 15) is 13.2 Å². The Morgan fingerprint density at radius 3 is 2.40 bits per heavy atom. The minimum atomic E-state index is -3.64. The van der Waals surface area contributed by atoms with E-state index in [2.05, 4.69) is 15.0 Å². The number of carbonyl (C=O) groups excluding carboxylic acids is 1. The molecule has 158 valence electrons. The highest BCUT2D eigenvalue weighted by Gasteiger charge is 2.15. The van der Waals surface area contributed by atoms with Crippen LogP contribution in [0.25, 0.3) is 0 Å². The molecule has 3 aromatic rings. The van der Waals surface area contributed by atoms with Crippen molar-refractivity contribution in [3.63, 3.8) is 0 Å². The van der Waals surface area contributed by atoms with Crippen molar-refractivity contribution in [2.75, 3.05) is 11.9 Å². The number of hydrogen-bond acceptors (Lipinski definition) is 4. The van der Waals surface area contributed by atoms with E-state index in [0.717, 1.165) is 22.5 Å². The number of imidazole rings is 1. The van der Waals surface area contributed by atoms with Gasteiger partial charge in [-0.05, 0) is 61.7 Å². The number of anilines is 1. The molecule has 0 aliphatic rings. The summed E-state index contributed by atoms with van der Waals surface area (Å²) in [7, 11) is -3.64. The Morgan fingerprint density at radius 1 is 1.03 bits per heavy atom. The fraction of sp³-hybridized carbons (Fsp3) is 0.273. The first-order chi connectivity index (χ1) is 14.2. The molecule has 7 nitrogen and oxygen atoms in total. The maximum atomic E-state index is 12.4. The van der Waals surface area contributed by atoms with E-state index < -0.39 is 10.0 Å². The van der Waals surface area contributed by atoms with Crippen molar-refractivity contribution in [2.45, 2.75) is 38.6 Å². The van der Waals surface area contributed by atoms with Crippen molar-refractivity contribution < 1.29 is 13.2 Å². The third-order valence-electron chi connectivity index (χ3n) is 4.95. The van der Waals surface area contributed by atoms with Crippen LogP contribution in [0.15, 0.2) is 59.8 Å². The van der Waals surface area contributed by atoms with Crippen molar-refractivity contribution in [3.8, 4) is 0 Å². The molecular formula is C22H26N4O3S. The SMILES string of the molecule is Cc1ccc(S(=O)(=O)NCCC(=O)Nc2ccc(Cn3ccnc3C)cc2)cc1C. The second-order valence-electron chi connectivity index (χ2n) is 7.24. The molecule has 1 aromatic heterocycles. The first kappa shape index (κ1) is 21.7. The normalized spacial score (nSPS) is 11.4. The average Bonchev–Trinajstić information content (AvgIpc) is 3.10. The highest BCUT2D eigenvalue weighted by atomic mass is 32.2. The molecule has 8 heteroatoms. The zero-order valence-electron chi connectivity index (χ0n) is 17.3. The molecule has 0 bridgehead atoms. The van der Waals surface area contributed by atoms with Gasteiger partial charge in [0.1, 0.15) is 5.82 Å². The number of nitrogens with one attached hydrogen (secondary N) is 2. The van der Waals surface area contributed by atoms with E-state index >= 15 is 0 Å². The van der Waals surface area contributed by atoms with Gasteiger partial charge in [0, 0.05) is 37.6 Å². The van der Waals surface area contributed by atoms with E-state index in [1.807, 2.05) is 55.8 Å². The molecular weight excluding hydrogens is 400 g/mol. The number of rotatable bonds is 8. The molecule has 2 aromatic carbocycles. The summed E-state index contributed by atoms with van der Waals surface area (Å²) in [6.45, 7) is 6.47. The molecule has 1 heterocycles. The molecule has 0 spiro atoms. The molecule has 1 amide bonds. The summed E-state index contributed by atoms with van der Waals surface area (Å²) < 4.78 is 29.3. The quantitative estimate of drug-likeness (QED) is 0.579. The van der Waals surface area contributed by atoms with E-state index in [0.29, 0.717) is 12.2 Å². The largest absolute Gasteiger partial charge is 0.331 e. The number of hydrogen-bond donors (Lipinski definition) is 2. The highest BCUT2D eigenvalue weighted by molar-refractivity contribution is 7.89. The third-order valence-corrected chi connectivity index (χ3v) is 6.41. The number of nitrogens with zero attached hydrogens (tertiary/aromatic N) is 2. The van der Waals surface area contributed by atoms with E-state index in [-0.39, 0.29) is 23.8 Å². The van der Waals surface area contributed by atoms with Crippen molar-refractivity contribution in [1.29, 1.82) is 0 Å². The molecule has 0 aliphatic carbocycles. The molecule has 0 saturated carbocycles. The van der Waals surface area contributed by atoms with Gasteiger partial charge in [0.15, 0.2) is 0 Å². The highest BCUT2D eigenvalue weighted by Crippen LogP contribution is 2.15. The fourth-order valence-corrected chi connectivity index (χ4v) is 4.06. The minimum Gasteiger partial charge on any atom is -0.331 e. The smallest absolute Gasteiger partial charge is 0.240 e. The summed E-state index contributed by atoms with van der Waals surface area (Å²) in [4.78, 5) is 16.6. The number of sulfonamides is 1. The van der Waals surface area contributed by atoms with Crippen LogP contribution in [0.2, 0.25) is 0 Å². The van der Waals surface area contributed by atoms with Gasteiger partial charge in [-0.1, -0.05) is 18.2 Å². The van der Waals surface area contributed by atoms with Crippen LogP contribution in [0.1, 0.15) is 28.9 Å². The number of aryl methyl sites for hydroxylation is 3. The number of amides is 1. The summed E-state index contributed by atoms with van der Waals surface area (Å²) in [5.41, 5.74) is 3.69. The molecule has 0 fully saturated rings. The monoisotopic (exact) mass is 426 g/mol. The molecule has 0 aliphatic heterocycles. The van der Waals surface area contributed by atoms with Gasteiger partial charge in [0.2, 0.25) is 15.9 Å². The van der Waals surface area contributed by atoms with Crippen molar-refractivity contribution in [1.82, 2.24) is 14.3 Å². The van der Waals surface area contributed by atoms with Crippen LogP contribution in [0.4, 0.5) is 5.69 Å². The van der Waals surface area contributed by atoms with Gasteiger partial charge in [0.25, 0.3) is 0 Å². The second kappa shape index (κ2) is 9.23. The van der Waals surface area contributed by atoms with Gasteiger partial charge in [0.05, 0.1) is 4.90 Å². The Bertz CT molecular complexity index is 1140. The van der Waals surface area contributed by atoms with E-state index in [1.54, 1.807) is 24.4 Å². The lowest BCUT2D eigenvalue weighted by Crippen LogP contribution is -2.28. The van der Waals surface area contributed by atoms with Crippen molar-refractivity contribution in [3.05, 3.63) is 77.4 Å². The van der Waals surface area contributed by atoms with Crippen LogP contribution in [-0.4, -0.2) is 30.4 Å². The lowest BCUT2D eigenvalue weighted by Gasteiger charge is -2.10. The van der Waals surface area contributed by atoms with Crippen molar-refractivity contribution >= 4 is 21.6 Å². The van der Waals surface area contributed by atoms with Gasteiger partial charge in [-0.15, -0.1) is 0 Å². The first-order valence-corrected chi connectivity index (χ1v) is 11.2. The predicted octanol–water partition coefficient (Wildman–Crippen LogP) is 3.16. The van der Waals surface area contributed by atoms with E-state index in [1.165, 1.54) is 0 Å². The van der Waals surface area contributed by atoms with Gasteiger partial charge in [-0.3, -0.25) is 4.79 Å². The molecule has 0 unspecified atom stereocenters. The van der Waals surface area contributed by atoms with E-state index in [4.69, 9.17) is 0 Å². The van der Waals surface area contributed by atoms with Crippen LogP contribution < -0.4 is 10.0 Å². The zero-order valence-corrected chi connectivity index (χ0v) is 18.2. The molecule has 0 saturated heterocycles. The number of benzene rings is 2. The van der Waals surface area contributed by atoms with Gasteiger partial charge in [-0.2, -0.15) is 0 Å². The number of aromatic nitrogens is 2. The Hall–Kier alpha value is -2.97. The Morgan fingerprint density at radius 2 is 1.77 bits per heavy atom. The van der Waals surface area contributed by atoms with Crippen LogP contribution in [-0.2, 0) is 21.4 Å². The van der Waals surface area contributed by atoms with Crippen molar-refractivity contribution in [2.24, 2.45) is 0 Å². The zero-order chi connectivity index (χ0) is 21.7. The molecule has 0 radical (unpaired) electrons. The Labute approximate surface area is 177 Å². The fourth-order valence-electron chi connectivity index (χ4n) is 2.95. The lowest BCUT2D eigenvalue weighted by atomic mass is 10.1. The molecule has 2 N–H and O–H groups in total. The Kier molecular flexibility index (Phi) is 6.69. The summed E-state index contributed by atoms with van der Waals surface area (Å²) >= 11 is 0. The Balaban J connectivity index is 1.49. The molecule has 0 atom stereocenters. The minimum absolute atomic E-state index is 0.0269. The summed E-state index contributed by atoms with van der Waals surface area (Å²) in [6, 6.07) is 12.5. The van der Waals surface area contributed by atoms with Gasteiger partial charge in [-0.25, -0.2) is 18.1 Å². The summed E-state index contributed by atoms with van der Waals surface area (Å²) in [5.74, 6) is 0.687. The third kappa shape index (κ3) is 5.55. The maximum absolute atomic E-state index is 12.4. The first-order valence-electron chi connectivity index (χ1n) is 9.68. The van der Waals surface area contributed by atoms with Crippen LogP contribution in [0.5, 0.6) is 0 Å². The molecule has 30 heavy (non-hydrogen) atoms. The van der Waals surface area contributed by atoms with Gasteiger partial charge < -0.3 is 9.88 Å². The topological polar surface area (TPSA) is 93.1 Å². The average molecular weight is 427 g/mol. The summed E-state index contributed by atoms with van der Waals surface area (Å²) in [5, 5.41) is 2.79. The number of carbonyl (C=O) groups is 1. The van der Waals surface area contributed by atoms with Crippen LogP contribution in [0.3, 0.4) is 0 Å². The predicted molar refractivity (Wildman–Crippen MR) is 117 cm³/mol. The van der Waals surface area contributed by atoms with Crippen LogP contribution in [0, 0.1) is 20.8 Å². The van der Waals surface area contributed by atoms with Gasteiger partial charge >= 0.3 is 0 Å². The standard InChI is InChI=1S/C22H26N4O3S/c1-16-4-9-21(14-17(16)2)30(28,29)24-11-10-22(27)25-20-7-5-19(6-8-20)15-26-13-12-23-18(26)3/h4-9,12-14,24H,10-11,15H2,1-3H3,(H,25,27). The van der Waals surface area contributed by atoms with Crippen LogP contribution >= 0.6 is 0 Å². The second-order valence-corrected chi connectivity index (χ2v) is 9.01. The maximum Gasteiger partial charge on any atom is 0.240 e. The summed E-state index contributed by atoms with van der Waals surface area (Å²) in [6.07, 6.45) is 3.72.